The number of aliphatic imine (C=N–C) groups is 1. The molecule has 6 heteroatoms. The van der Waals surface area contributed by atoms with Gasteiger partial charge in [0.25, 0.3) is 0 Å². The molecule has 82 valence electrons. The second-order valence-corrected chi connectivity index (χ2v) is 3.41. The van der Waals surface area contributed by atoms with Gasteiger partial charge in [0, 0.05) is 24.4 Å². The van der Waals surface area contributed by atoms with Crippen molar-refractivity contribution in [3.63, 3.8) is 0 Å². The highest BCUT2D eigenvalue weighted by molar-refractivity contribution is 6.08. The first-order valence-electron chi connectivity index (χ1n) is 4.54. The van der Waals surface area contributed by atoms with Crippen LogP contribution in [-0.4, -0.2) is 33.4 Å². The molecule has 1 aliphatic rings. The van der Waals surface area contributed by atoms with Gasteiger partial charge in [0.1, 0.15) is 0 Å². The van der Waals surface area contributed by atoms with Crippen molar-refractivity contribution in [2.24, 2.45) is 4.99 Å². The SMILES string of the molecule is O=C(O)C1(C(=O)O)CC=Nc2ncccc21. The van der Waals surface area contributed by atoms with E-state index in [1.54, 1.807) is 0 Å². The predicted molar refractivity (Wildman–Crippen MR) is 54.0 cm³/mol. The van der Waals surface area contributed by atoms with Gasteiger partial charge in [-0.05, 0) is 6.07 Å². The quantitative estimate of drug-likeness (QED) is 0.710. The summed E-state index contributed by atoms with van der Waals surface area (Å²) in [5.74, 6) is -2.65. The van der Waals surface area contributed by atoms with E-state index in [4.69, 9.17) is 10.2 Å². The molecule has 2 rings (SSSR count). The highest BCUT2D eigenvalue weighted by atomic mass is 16.4. The van der Waals surface area contributed by atoms with Gasteiger partial charge in [0.15, 0.2) is 11.2 Å². The first-order chi connectivity index (χ1) is 7.59. The molecule has 0 bridgehead atoms. The molecule has 16 heavy (non-hydrogen) atoms. The topological polar surface area (TPSA) is 99.8 Å². The average Bonchev–Trinajstić information content (AvgIpc) is 2.27. The van der Waals surface area contributed by atoms with Crippen LogP contribution in [0.1, 0.15) is 12.0 Å². The molecule has 0 atom stereocenters. The lowest BCUT2D eigenvalue weighted by atomic mass is 9.77. The van der Waals surface area contributed by atoms with Gasteiger partial charge >= 0.3 is 11.9 Å². The summed E-state index contributed by atoms with van der Waals surface area (Å²) in [6.07, 6.45) is 2.55. The molecule has 0 aliphatic carbocycles. The van der Waals surface area contributed by atoms with Gasteiger partial charge in [0.05, 0.1) is 0 Å². The maximum atomic E-state index is 11.2. The molecule has 0 aromatic carbocycles. The Balaban J connectivity index is 2.71. The third-order valence-corrected chi connectivity index (χ3v) is 2.59. The summed E-state index contributed by atoms with van der Waals surface area (Å²) in [6, 6.07) is 2.93. The van der Waals surface area contributed by atoms with Gasteiger partial charge in [-0.2, -0.15) is 0 Å². The molecule has 0 amide bonds. The van der Waals surface area contributed by atoms with Crippen LogP contribution in [0.2, 0.25) is 0 Å². The van der Waals surface area contributed by atoms with Crippen molar-refractivity contribution in [1.29, 1.82) is 0 Å². The minimum absolute atomic E-state index is 0.123. The molecule has 1 aliphatic heterocycles. The minimum atomic E-state index is -1.97. The fraction of sp³-hybridized carbons (Fsp3) is 0.200. The number of fused-ring (bicyclic) bond motifs is 1. The van der Waals surface area contributed by atoms with Crippen molar-refractivity contribution in [1.82, 2.24) is 4.98 Å². The zero-order chi connectivity index (χ0) is 11.8. The zero-order valence-corrected chi connectivity index (χ0v) is 8.12. The van der Waals surface area contributed by atoms with E-state index >= 15 is 0 Å². The number of hydrogen-bond donors (Lipinski definition) is 2. The van der Waals surface area contributed by atoms with Crippen LogP contribution in [0, 0.1) is 0 Å². The number of aromatic nitrogens is 1. The normalized spacial score (nSPS) is 16.5. The highest BCUT2D eigenvalue weighted by Crippen LogP contribution is 2.36. The molecule has 1 aromatic heterocycles. The molecule has 1 aromatic rings. The van der Waals surface area contributed by atoms with Crippen LogP contribution in [0.3, 0.4) is 0 Å². The van der Waals surface area contributed by atoms with E-state index in [-0.39, 0.29) is 17.8 Å². The lowest BCUT2D eigenvalue weighted by Crippen LogP contribution is -2.45. The second kappa shape index (κ2) is 3.41. The highest BCUT2D eigenvalue weighted by Gasteiger charge is 2.50. The Labute approximate surface area is 90.3 Å². The van der Waals surface area contributed by atoms with E-state index in [0.717, 1.165) is 0 Å². The Morgan fingerprint density at radius 1 is 1.31 bits per heavy atom. The molecular formula is C10H8N2O4. The molecule has 6 nitrogen and oxygen atoms in total. The zero-order valence-electron chi connectivity index (χ0n) is 8.12. The van der Waals surface area contributed by atoms with Crippen molar-refractivity contribution in [2.75, 3.05) is 0 Å². The van der Waals surface area contributed by atoms with Crippen LogP contribution >= 0.6 is 0 Å². The summed E-state index contributed by atoms with van der Waals surface area (Å²) in [7, 11) is 0. The van der Waals surface area contributed by atoms with E-state index in [1.165, 1.54) is 24.5 Å². The van der Waals surface area contributed by atoms with Crippen molar-refractivity contribution in [2.45, 2.75) is 11.8 Å². The van der Waals surface area contributed by atoms with E-state index in [2.05, 4.69) is 9.98 Å². The molecule has 0 unspecified atom stereocenters. The monoisotopic (exact) mass is 220 g/mol. The van der Waals surface area contributed by atoms with Crippen LogP contribution in [0.4, 0.5) is 5.82 Å². The van der Waals surface area contributed by atoms with E-state index in [0.29, 0.717) is 0 Å². The minimum Gasteiger partial charge on any atom is -0.480 e. The third kappa shape index (κ3) is 1.19. The largest absolute Gasteiger partial charge is 0.480 e. The molecule has 2 N–H and O–H groups in total. The smallest absolute Gasteiger partial charge is 0.326 e. The number of pyridine rings is 1. The summed E-state index contributed by atoms with van der Waals surface area (Å²) >= 11 is 0. The van der Waals surface area contributed by atoms with Gasteiger partial charge in [-0.15, -0.1) is 0 Å². The third-order valence-electron chi connectivity index (χ3n) is 2.59. The lowest BCUT2D eigenvalue weighted by Gasteiger charge is -2.26. The van der Waals surface area contributed by atoms with Crippen molar-refractivity contribution in [3.8, 4) is 0 Å². The van der Waals surface area contributed by atoms with Gasteiger partial charge in [0.2, 0.25) is 0 Å². The summed E-state index contributed by atoms with van der Waals surface area (Å²) in [5, 5.41) is 18.3. The summed E-state index contributed by atoms with van der Waals surface area (Å²) in [6.45, 7) is 0. The van der Waals surface area contributed by atoms with Crippen molar-refractivity contribution >= 4 is 24.0 Å². The van der Waals surface area contributed by atoms with Crippen LogP contribution in [0.15, 0.2) is 23.3 Å². The van der Waals surface area contributed by atoms with Gasteiger partial charge in [-0.25, -0.2) is 9.98 Å². The average molecular weight is 220 g/mol. The van der Waals surface area contributed by atoms with Gasteiger partial charge in [-0.1, -0.05) is 6.07 Å². The molecule has 0 saturated heterocycles. The molecule has 0 fully saturated rings. The van der Waals surface area contributed by atoms with E-state index < -0.39 is 17.4 Å². The van der Waals surface area contributed by atoms with Crippen molar-refractivity contribution in [3.05, 3.63) is 23.9 Å². The van der Waals surface area contributed by atoms with Crippen LogP contribution in [-0.2, 0) is 15.0 Å². The molecular weight excluding hydrogens is 212 g/mol. The number of carboxylic acids is 2. The summed E-state index contributed by atoms with van der Waals surface area (Å²) < 4.78 is 0. The Morgan fingerprint density at radius 2 is 2.00 bits per heavy atom. The second-order valence-electron chi connectivity index (χ2n) is 3.41. The van der Waals surface area contributed by atoms with Crippen LogP contribution in [0.25, 0.3) is 0 Å². The molecule has 0 radical (unpaired) electrons. The van der Waals surface area contributed by atoms with Crippen LogP contribution in [0.5, 0.6) is 0 Å². The predicted octanol–water partition coefficient (Wildman–Crippen LogP) is 0.595. The number of carboxylic acid groups (broad SMARTS) is 2. The van der Waals surface area contributed by atoms with Gasteiger partial charge < -0.3 is 10.2 Å². The summed E-state index contributed by atoms with van der Waals surface area (Å²) in [5.41, 5.74) is -1.84. The Kier molecular flexibility index (Phi) is 2.19. The number of nitrogens with zero attached hydrogens (tertiary/aromatic N) is 2. The maximum Gasteiger partial charge on any atom is 0.326 e. The Hall–Kier alpha value is -2.24. The van der Waals surface area contributed by atoms with E-state index in [1.807, 2.05) is 0 Å². The standard InChI is InChI=1S/C10H8N2O4/c13-8(14)10(9(15)16)3-5-12-7-6(10)2-1-4-11-7/h1-2,4-5H,3H2,(H,13,14)(H,15,16). The van der Waals surface area contributed by atoms with Crippen molar-refractivity contribution < 1.29 is 19.8 Å². The number of hydrogen-bond acceptors (Lipinski definition) is 4. The number of rotatable bonds is 2. The maximum absolute atomic E-state index is 11.2. The first-order valence-corrected chi connectivity index (χ1v) is 4.54. The van der Waals surface area contributed by atoms with Crippen LogP contribution < -0.4 is 0 Å². The summed E-state index contributed by atoms with van der Waals surface area (Å²) in [4.78, 5) is 30.2. The lowest BCUT2D eigenvalue weighted by molar-refractivity contribution is -0.157. The first kappa shape index (κ1) is 10.3. The van der Waals surface area contributed by atoms with Gasteiger partial charge in [-0.3, -0.25) is 9.59 Å². The molecule has 2 heterocycles. The molecule has 0 saturated carbocycles. The fourth-order valence-electron chi connectivity index (χ4n) is 1.71. The Bertz CT molecular complexity index is 481. The van der Waals surface area contributed by atoms with E-state index in [9.17, 15) is 9.59 Å². The Morgan fingerprint density at radius 3 is 2.62 bits per heavy atom. The number of aliphatic carboxylic acids is 2. The number of carbonyl (C=O) groups is 2. The molecule has 0 spiro atoms. The fourth-order valence-corrected chi connectivity index (χ4v) is 1.71.